The highest BCUT2D eigenvalue weighted by Crippen LogP contribution is 2.65. The number of hydrogen-bond donors (Lipinski definition) is 0. The Morgan fingerprint density at radius 1 is 0.951 bits per heavy atom. The van der Waals surface area contributed by atoms with Crippen LogP contribution in [0.4, 0.5) is 0 Å². The van der Waals surface area contributed by atoms with Gasteiger partial charge in [-0.25, -0.2) is 0 Å². The molecule has 1 saturated carbocycles. The van der Waals surface area contributed by atoms with Crippen molar-refractivity contribution in [1.29, 1.82) is 0 Å². The van der Waals surface area contributed by atoms with Crippen LogP contribution in [0, 0.1) is 17.3 Å². The second-order valence-corrected chi connectivity index (χ2v) is 12.4. The standard InChI is InChI=1S/C28H35ClO12/c1-11-18(29)22-28(12(2)25(34)40-22)24(39-16(6)33)21-26(7,17(36-13(3)30)8-9-27(21)10-35-27)23(38-15(5)32)20(19(11)41-28)37-14(4)31/h12,17-24H,1,8-10H2,2-7H3/t12?,17-,18-,19-,20+,21+,22-,23-,24-,26-,27-,28?/m0/s1. The average molecular weight is 599 g/mol. The van der Waals surface area contributed by atoms with E-state index in [-0.39, 0.29) is 12.2 Å². The molecule has 2 spiro atoms. The maximum atomic E-state index is 13.2. The third-order valence-corrected chi connectivity index (χ3v) is 9.97. The van der Waals surface area contributed by atoms with Crippen molar-refractivity contribution in [3.05, 3.63) is 12.2 Å². The van der Waals surface area contributed by atoms with Gasteiger partial charge in [-0.1, -0.05) is 13.5 Å². The van der Waals surface area contributed by atoms with Crippen LogP contribution in [0.5, 0.6) is 0 Å². The number of fused-ring (bicyclic) bond motifs is 3. The maximum absolute atomic E-state index is 13.2. The number of carbonyl (C=O) groups is 5. The van der Waals surface area contributed by atoms with Crippen molar-refractivity contribution in [1.82, 2.24) is 0 Å². The van der Waals surface area contributed by atoms with Gasteiger partial charge in [0.25, 0.3) is 0 Å². The van der Waals surface area contributed by atoms with E-state index in [1.165, 1.54) is 27.7 Å². The lowest BCUT2D eigenvalue weighted by atomic mass is 9.51. The van der Waals surface area contributed by atoms with E-state index >= 15 is 0 Å². The van der Waals surface area contributed by atoms with Gasteiger partial charge in [-0.3, -0.25) is 24.0 Å². The molecule has 4 aliphatic heterocycles. The minimum Gasteiger partial charge on any atom is -0.462 e. The van der Waals surface area contributed by atoms with Crippen molar-refractivity contribution in [2.75, 3.05) is 6.61 Å². The number of epoxide rings is 1. The molecule has 0 radical (unpaired) electrons. The van der Waals surface area contributed by atoms with E-state index in [4.69, 9.17) is 44.8 Å². The topological polar surface area (TPSA) is 153 Å². The van der Waals surface area contributed by atoms with Crippen molar-refractivity contribution in [2.45, 2.75) is 108 Å². The van der Waals surface area contributed by atoms with E-state index in [1.807, 2.05) is 0 Å². The summed E-state index contributed by atoms with van der Waals surface area (Å²) in [7, 11) is 0. The third-order valence-electron chi connectivity index (χ3n) is 9.46. The summed E-state index contributed by atoms with van der Waals surface area (Å²) in [5, 5.41) is -1.05. The average Bonchev–Trinajstić information content (AvgIpc) is 3.58. The van der Waals surface area contributed by atoms with Gasteiger partial charge >= 0.3 is 29.8 Å². The number of esters is 5. The van der Waals surface area contributed by atoms with Crippen LogP contribution >= 0.6 is 11.6 Å². The molecule has 41 heavy (non-hydrogen) atoms. The molecule has 0 amide bonds. The summed E-state index contributed by atoms with van der Waals surface area (Å²) in [5.74, 6) is -5.25. The monoisotopic (exact) mass is 598 g/mol. The van der Waals surface area contributed by atoms with Gasteiger partial charge in [0.15, 0.2) is 23.9 Å². The van der Waals surface area contributed by atoms with E-state index in [9.17, 15) is 24.0 Å². The lowest BCUT2D eigenvalue weighted by Gasteiger charge is -2.62. The van der Waals surface area contributed by atoms with Crippen molar-refractivity contribution >= 4 is 41.4 Å². The summed E-state index contributed by atoms with van der Waals surface area (Å²) in [5.41, 5.74) is -3.83. The second kappa shape index (κ2) is 9.95. The van der Waals surface area contributed by atoms with E-state index in [1.54, 1.807) is 13.8 Å². The van der Waals surface area contributed by atoms with Gasteiger partial charge in [0.05, 0.1) is 28.9 Å². The fourth-order valence-corrected chi connectivity index (χ4v) is 8.15. The molecule has 0 aromatic rings. The summed E-state index contributed by atoms with van der Waals surface area (Å²) >= 11 is 6.93. The molecule has 0 N–H and O–H groups in total. The molecule has 4 heterocycles. The Morgan fingerprint density at radius 2 is 1.51 bits per heavy atom. The highest BCUT2D eigenvalue weighted by atomic mass is 35.5. The quantitative estimate of drug-likeness (QED) is 0.152. The lowest BCUT2D eigenvalue weighted by molar-refractivity contribution is -0.308. The minimum absolute atomic E-state index is 0.207. The normalized spacial score (nSPS) is 46.2. The van der Waals surface area contributed by atoms with Crippen molar-refractivity contribution in [3.8, 4) is 0 Å². The Morgan fingerprint density at radius 3 is 2.05 bits per heavy atom. The molecule has 4 saturated heterocycles. The number of ether oxygens (including phenoxy) is 7. The molecule has 5 fully saturated rings. The first-order chi connectivity index (χ1) is 19.1. The lowest BCUT2D eigenvalue weighted by Crippen LogP contribution is -2.77. The number of halogens is 1. The Balaban J connectivity index is 1.86. The van der Waals surface area contributed by atoms with Crippen LogP contribution in [0.1, 0.15) is 54.4 Å². The molecule has 13 heteroatoms. The molecule has 0 aromatic heterocycles. The maximum Gasteiger partial charge on any atom is 0.312 e. The predicted octanol–water partition coefficient (Wildman–Crippen LogP) is 1.77. The molecular weight excluding hydrogens is 564 g/mol. The predicted molar refractivity (Wildman–Crippen MR) is 137 cm³/mol. The largest absolute Gasteiger partial charge is 0.462 e. The zero-order valence-electron chi connectivity index (χ0n) is 23.8. The molecule has 5 rings (SSSR count). The smallest absolute Gasteiger partial charge is 0.312 e. The fourth-order valence-electron chi connectivity index (χ4n) is 7.78. The highest BCUT2D eigenvalue weighted by Gasteiger charge is 2.80. The zero-order valence-corrected chi connectivity index (χ0v) is 24.6. The number of rotatable bonds is 4. The van der Waals surface area contributed by atoms with Gasteiger partial charge in [0.2, 0.25) is 0 Å². The van der Waals surface area contributed by atoms with Gasteiger partial charge < -0.3 is 33.2 Å². The molecule has 1 aliphatic carbocycles. The highest BCUT2D eigenvalue weighted by molar-refractivity contribution is 6.23. The molecule has 12 atom stereocenters. The van der Waals surface area contributed by atoms with Crippen molar-refractivity contribution in [3.63, 3.8) is 0 Å². The van der Waals surface area contributed by atoms with Gasteiger partial charge in [-0.15, -0.1) is 11.6 Å². The van der Waals surface area contributed by atoms with Crippen molar-refractivity contribution in [2.24, 2.45) is 17.3 Å². The van der Waals surface area contributed by atoms with Crippen LogP contribution in [-0.4, -0.2) is 89.7 Å². The van der Waals surface area contributed by atoms with Crippen molar-refractivity contribution < 1.29 is 57.1 Å². The summed E-state index contributed by atoms with van der Waals surface area (Å²) in [4.78, 5) is 63.7. The van der Waals surface area contributed by atoms with Crippen LogP contribution < -0.4 is 0 Å². The number of alkyl halides is 1. The number of hydrogen-bond acceptors (Lipinski definition) is 12. The second-order valence-electron chi connectivity index (χ2n) is 11.9. The van der Waals surface area contributed by atoms with E-state index < -0.39 is 100 Å². The van der Waals surface area contributed by atoms with Gasteiger partial charge in [0.1, 0.15) is 18.3 Å². The molecule has 2 unspecified atom stereocenters. The molecule has 0 aromatic carbocycles. The van der Waals surface area contributed by atoms with Gasteiger partial charge in [0, 0.05) is 33.6 Å². The van der Waals surface area contributed by atoms with Gasteiger partial charge in [-0.05, 0) is 25.3 Å². The van der Waals surface area contributed by atoms with Crippen LogP contribution in [0.3, 0.4) is 0 Å². The summed E-state index contributed by atoms with van der Waals surface area (Å²) in [6.07, 6.45) is -6.51. The summed E-state index contributed by atoms with van der Waals surface area (Å²) in [6.45, 7) is 12.5. The Bertz CT molecular complexity index is 1200. The SMILES string of the molecule is C=C1[C@H](Cl)[C@@H]2OC(=O)C(C)C23O[C@@H]1[C@@H](OC(C)=O)[C@H](OC(C)=O)[C@@]1(C)[C@@H](OC(C)=O)CC[C@]2(CO2)[C@@H]1[C@@H]3OC(C)=O. The summed E-state index contributed by atoms with van der Waals surface area (Å²) in [6, 6.07) is 0. The van der Waals surface area contributed by atoms with Gasteiger partial charge in [-0.2, -0.15) is 0 Å². The Labute approximate surface area is 242 Å². The third kappa shape index (κ3) is 4.36. The Hall–Kier alpha value is -2.70. The van der Waals surface area contributed by atoms with E-state index in [0.29, 0.717) is 12.8 Å². The first-order valence-electron chi connectivity index (χ1n) is 13.6. The van der Waals surface area contributed by atoms with Crippen LogP contribution in [0.15, 0.2) is 12.2 Å². The zero-order chi connectivity index (χ0) is 30.2. The first kappa shape index (κ1) is 29.8. The summed E-state index contributed by atoms with van der Waals surface area (Å²) < 4.78 is 42.4. The molecular formula is C28H35ClO12. The first-order valence-corrected chi connectivity index (χ1v) is 14.1. The van der Waals surface area contributed by atoms with Crippen LogP contribution in [-0.2, 0) is 57.1 Å². The van der Waals surface area contributed by atoms with Crippen LogP contribution in [0.25, 0.3) is 0 Å². The molecule has 5 aliphatic rings. The van der Waals surface area contributed by atoms with E-state index in [2.05, 4.69) is 6.58 Å². The molecule has 12 nitrogen and oxygen atoms in total. The Kier molecular flexibility index (Phi) is 7.22. The minimum atomic E-state index is -1.69. The van der Waals surface area contributed by atoms with E-state index in [0.717, 1.165) is 0 Å². The fraction of sp³-hybridized carbons (Fsp3) is 0.750. The van der Waals surface area contributed by atoms with Crippen LogP contribution in [0.2, 0.25) is 0 Å². The molecule has 226 valence electrons. The number of carbonyl (C=O) groups excluding carboxylic acids is 5. The molecule has 2 bridgehead atoms.